The van der Waals surface area contributed by atoms with Gasteiger partial charge >= 0.3 is 6.01 Å². The molecule has 8 nitrogen and oxygen atoms in total. The van der Waals surface area contributed by atoms with Crippen molar-refractivity contribution in [3.63, 3.8) is 0 Å². The van der Waals surface area contributed by atoms with Crippen LogP contribution in [0.1, 0.15) is 13.3 Å². The van der Waals surface area contributed by atoms with Gasteiger partial charge in [0.1, 0.15) is 0 Å². The van der Waals surface area contributed by atoms with E-state index in [4.69, 9.17) is 4.74 Å². The van der Waals surface area contributed by atoms with Crippen LogP contribution in [0, 0.1) is 0 Å². The molecule has 2 heterocycles. The van der Waals surface area contributed by atoms with Gasteiger partial charge in [-0.15, -0.1) is 0 Å². The first-order chi connectivity index (χ1) is 9.54. The van der Waals surface area contributed by atoms with Crippen molar-refractivity contribution in [3.8, 4) is 6.01 Å². The fourth-order valence-electron chi connectivity index (χ4n) is 1.95. The summed E-state index contributed by atoms with van der Waals surface area (Å²) in [7, 11) is -1.47. The highest BCUT2D eigenvalue weighted by Crippen LogP contribution is 2.17. The first-order valence-corrected chi connectivity index (χ1v) is 8.35. The molecule has 112 valence electrons. The highest BCUT2D eigenvalue weighted by Gasteiger charge is 2.22. The molecule has 2 rings (SSSR count). The number of ether oxygens (including phenoxy) is 1. The lowest BCUT2D eigenvalue weighted by Crippen LogP contribution is -2.29. The van der Waals surface area contributed by atoms with Gasteiger partial charge < -0.3 is 15.0 Å². The number of methoxy groups -OCH3 is 1. The summed E-state index contributed by atoms with van der Waals surface area (Å²) in [4.78, 5) is 14.4. The van der Waals surface area contributed by atoms with Crippen molar-refractivity contribution in [2.24, 2.45) is 0 Å². The van der Waals surface area contributed by atoms with Gasteiger partial charge in [-0.25, -0.2) is 8.42 Å². The molecule has 0 bridgehead atoms. The minimum atomic E-state index is -2.96. The second-order valence-electron chi connectivity index (χ2n) is 4.47. The summed E-state index contributed by atoms with van der Waals surface area (Å²) < 4.78 is 28.3. The monoisotopic (exact) mass is 301 g/mol. The van der Waals surface area contributed by atoms with Crippen LogP contribution in [0.5, 0.6) is 6.01 Å². The standard InChI is InChI=1S/C11H19N5O3S/c1-3-12-9-13-10(15-11(14-9)19-2)16-5-4-7-20(17,18)8-6-16/h3-8H2,1-2H3,(H,12,13,14,15). The second kappa shape index (κ2) is 6.21. The first-order valence-electron chi connectivity index (χ1n) is 6.53. The highest BCUT2D eigenvalue weighted by atomic mass is 32.2. The van der Waals surface area contributed by atoms with E-state index in [-0.39, 0.29) is 17.5 Å². The van der Waals surface area contributed by atoms with Crippen LogP contribution < -0.4 is 15.0 Å². The number of sulfone groups is 1. The Kier molecular flexibility index (Phi) is 4.58. The van der Waals surface area contributed by atoms with E-state index in [1.165, 1.54) is 7.11 Å². The second-order valence-corrected chi connectivity index (χ2v) is 6.77. The highest BCUT2D eigenvalue weighted by molar-refractivity contribution is 7.91. The maximum absolute atomic E-state index is 11.6. The summed E-state index contributed by atoms with van der Waals surface area (Å²) in [5.41, 5.74) is 0. The van der Waals surface area contributed by atoms with Gasteiger partial charge in [0, 0.05) is 19.6 Å². The Hall–Kier alpha value is -1.64. The molecule has 1 saturated heterocycles. The summed E-state index contributed by atoms with van der Waals surface area (Å²) in [5.74, 6) is 1.22. The predicted octanol–water partition coefficient (Wildman–Crippen LogP) is -0.0631. The van der Waals surface area contributed by atoms with E-state index in [0.29, 0.717) is 38.0 Å². The van der Waals surface area contributed by atoms with Crippen LogP contribution in [0.3, 0.4) is 0 Å². The number of hydrogen-bond acceptors (Lipinski definition) is 8. The molecule has 1 N–H and O–H groups in total. The normalized spacial score (nSPS) is 18.4. The molecule has 0 radical (unpaired) electrons. The van der Waals surface area contributed by atoms with E-state index in [1.54, 1.807) is 0 Å². The third kappa shape index (κ3) is 3.69. The Morgan fingerprint density at radius 3 is 2.75 bits per heavy atom. The van der Waals surface area contributed by atoms with Crippen molar-refractivity contribution in [3.05, 3.63) is 0 Å². The Balaban J connectivity index is 2.24. The number of rotatable bonds is 4. The number of hydrogen-bond donors (Lipinski definition) is 1. The summed E-state index contributed by atoms with van der Waals surface area (Å²) in [6, 6.07) is 0.220. The van der Waals surface area contributed by atoms with Crippen LogP contribution in [-0.4, -0.2) is 61.6 Å². The maximum atomic E-state index is 11.6. The summed E-state index contributed by atoms with van der Waals surface area (Å²) in [6.45, 7) is 3.62. The molecular weight excluding hydrogens is 282 g/mol. The smallest absolute Gasteiger partial charge is 0.322 e. The maximum Gasteiger partial charge on any atom is 0.322 e. The zero-order chi connectivity index (χ0) is 14.6. The number of nitrogens with one attached hydrogen (secondary N) is 1. The van der Waals surface area contributed by atoms with Gasteiger partial charge in [-0.05, 0) is 13.3 Å². The van der Waals surface area contributed by atoms with E-state index in [1.807, 2.05) is 11.8 Å². The molecular formula is C11H19N5O3S. The SMILES string of the molecule is CCNc1nc(OC)nc(N2CCCS(=O)(=O)CC2)n1. The Labute approximate surface area is 118 Å². The van der Waals surface area contributed by atoms with E-state index >= 15 is 0 Å². The van der Waals surface area contributed by atoms with Crippen LogP contribution in [0.2, 0.25) is 0 Å². The van der Waals surface area contributed by atoms with E-state index in [9.17, 15) is 8.42 Å². The lowest BCUT2D eigenvalue weighted by Gasteiger charge is -2.20. The van der Waals surface area contributed by atoms with Crippen molar-refractivity contribution in [1.29, 1.82) is 0 Å². The third-order valence-corrected chi connectivity index (χ3v) is 4.67. The lowest BCUT2D eigenvalue weighted by molar-refractivity contribution is 0.378. The summed E-state index contributed by atoms with van der Waals surface area (Å²) in [5, 5.41) is 3.01. The van der Waals surface area contributed by atoms with Crippen molar-refractivity contribution in [1.82, 2.24) is 15.0 Å². The average molecular weight is 301 g/mol. The first kappa shape index (κ1) is 14.8. The molecule has 1 fully saturated rings. The fourth-order valence-corrected chi connectivity index (χ4v) is 3.23. The largest absolute Gasteiger partial charge is 0.467 e. The van der Waals surface area contributed by atoms with Crippen molar-refractivity contribution < 1.29 is 13.2 Å². The lowest BCUT2D eigenvalue weighted by atomic mass is 10.4. The molecule has 1 aliphatic heterocycles. The molecule has 0 amide bonds. The molecule has 1 aliphatic rings. The average Bonchev–Trinajstić information content (AvgIpc) is 2.59. The topological polar surface area (TPSA) is 97.3 Å². The summed E-state index contributed by atoms with van der Waals surface area (Å²) in [6.07, 6.45) is 0.576. The zero-order valence-electron chi connectivity index (χ0n) is 11.7. The molecule has 0 saturated carbocycles. The molecule has 20 heavy (non-hydrogen) atoms. The van der Waals surface area contributed by atoms with Crippen molar-refractivity contribution >= 4 is 21.7 Å². The van der Waals surface area contributed by atoms with Crippen LogP contribution in [0.15, 0.2) is 0 Å². The van der Waals surface area contributed by atoms with Crippen LogP contribution in [0.4, 0.5) is 11.9 Å². The van der Waals surface area contributed by atoms with Gasteiger partial charge in [0.25, 0.3) is 0 Å². The van der Waals surface area contributed by atoms with E-state index < -0.39 is 9.84 Å². The van der Waals surface area contributed by atoms with Gasteiger partial charge in [-0.1, -0.05) is 0 Å². The molecule has 1 aromatic heterocycles. The van der Waals surface area contributed by atoms with E-state index in [2.05, 4.69) is 20.3 Å². The third-order valence-electron chi connectivity index (χ3n) is 2.96. The fraction of sp³-hybridized carbons (Fsp3) is 0.727. The molecule has 9 heteroatoms. The Bertz CT molecular complexity index is 563. The van der Waals surface area contributed by atoms with Crippen LogP contribution in [0.25, 0.3) is 0 Å². The van der Waals surface area contributed by atoms with Gasteiger partial charge in [0.05, 0.1) is 18.6 Å². The van der Waals surface area contributed by atoms with Gasteiger partial charge in [0.15, 0.2) is 9.84 Å². The molecule has 0 aliphatic carbocycles. The van der Waals surface area contributed by atoms with E-state index in [0.717, 1.165) is 0 Å². The minimum absolute atomic E-state index is 0.123. The van der Waals surface area contributed by atoms with Crippen molar-refractivity contribution in [2.75, 3.05) is 48.5 Å². The Morgan fingerprint density at radius 1 is 1.25 bits per heavy atom. The molecule has 0 atom stereocenters. The summed E-state index contributed by atoms with van der Waals surface area (Å²) >= 11 is 0. The minimum Gasteiger partial charge on any atom is -0.467 e. The van der Waals surface area contributed by atoms with Crippen LogP contribution >= 0.6 is 0 Å². The molecule has 0 spiro atoms. The zero-order valence-corrected chi connectivity index (χ0v) is 12.5. The molecule has 0 aromatic carbocycles. The quantitative estimate of drug-likeness (QED) is 0.826. The predicted molar refractivity (Wildman–Crippen MR) is 76.0 cm³/mol. The van der Waals surface area contributed by atoms with Crippen molar-refractivity contribution in [2.45, 2.75) is 13.3 Å². The number of anilines is 2. The Morgan fingerprint density at radius 2 is 2.05 bits per heavy atom. The number of aromatic nitrogens is 3. The number of nitrogens with zero attached hydrogens (tertiary/aromatic N) is 4. The van der Waals surface area contributed by atoms with Gasteiger partial charge in [-0.3, -0.25) is 0 Å². The molecule has 0 unspecified atom stereocenters. The molecule has 1 aromatic rings. The van der Waals surface area contributed by atoms with Crippen LogP contribution in [-0.2, 0) is 9.84 Å². The van der Waals surface area contributed by atoms with Gasteiger partial charge in [-0.2, -0.15) is 15.0 Å². The van der Waals surface area contributed by atoms with Gasteiger partial charge in [0.2, 0.25) is 11.9 Å².